The fourth-order valence-electron chi connectivity index (χ4n) is 3.62. The van der Waals surface area contributed by atoms with E-state index in [-0.39, 0.29) is 27.8 Å². The van der Waals surface area contributed by atoms with Crippen LogP contribution < -0.4 is 9.47 Å². The van der Waals surface area contributed by atoms with Crippen LogP contribution in [0.15, 0.2) is 41.8 Å². The zero-order chi connectivity index (χ0) is 20.5. The standard InChI is InChI=1S/C21H18Cl2N2O3S/c1-27-15-10-12-7-8-25(21(26)19-14(22)5-6-18(23)24-19)20(17-4-3-9-29-17)13(12)11-16(15)28-2/h3-6,9-11,20H,7-8H2,1-2H3. The van der Waals surface area contributed by atoms with Gasteiger partial charge in [-0.2, -0.15) is 0 Å². The van der Waals surface area contributed by atoms with Crippen LogP contribution in [0.1, 0.15) is 32.5 Å². The first-order valence-electron chi connectivity index (χ1n) is 8.94. The Morgan fingerprint density at radius 3 is 2.62 bits per heavy atom. The van der Waals surface area contributed by atoms with E-state index in [0.29, 0.717) is 24.5 Å². The molecule has 2 aromatic heterocycles. The maximum absolute atomic E-state index is 13.4. The summed E-state index contributed by atoms with van der Waals surface area (Å²) in [6.45, 7) is 0.522. The molecule has 4 rings (SSSR count). The molecular weight excluding hydrogens is 431 g/mol. The summed E-state index contributed by atoms with van der Waals surface area (Å²) < 4.78 is 11.0. The second kappa shape index (κ2) is 8.22. The van der Waals surface area contributed by atoms with Crippen molar-refractivity contribution in [3.63, 3.8) is 0 Å². The van der Waals surface area contributed by atoms with Gasteiger partial charge in [0.25, 0.3) is 5.91 Å². The fourth-order valence-corrected chi connectivity index (χ4v) is 4.81. The Balaban J connectivity index is 1.84. The van der Waals surface area contributed by atoms with Gasteiger partial charge in [-0.05, 0) is 53.3 Å². The molecule has 0 saturated carbocycles. The Kier molecular flexibility index (Phi) is 5.67. The quantitative estimate of drug-likeness (QED) is 0.511. The molecule has 1 amide bonds. The van der Waals surface area contributed by atoms with Gasteiger partial charge in [0, 0.05) is 11.4 Å². The molecule has 3 heterocycles. The second-order valence-electron chi connectivity index (χ2n) is 6.54. The molecule has 5 nitrogen and oxygen atoms in total. The Morgan fingerprint density at radius 2 is 1.93 bits per heavy atom. The number of carbonyl (C=O) groups excluding carboxylic acids is 1. The number of methoxy groups -OCH3 is 2. The normalized spacial score (nSPS) is 15.7. The summed E-state index contributed by atoms with van der Waals surface area (Å²) in [5.41, 5.74) is 2.28. The highest BCUT2D eigenvalue weighted by molar-refractivity contribution is 7.10. The third-order valence-corrected chi connectivity index (χ3v) is 6.40. The molecule has 0 saturated heterocycles. The summed E-state index contributed by atoms with van der Waals surface area (Å²) in [6, 6.07) is 10.8. The Labute approximate surface area is 182 Å². The summed E-state index contributed by atoms with van der Waals surface area (Å²) >= 11 is 13.9. The van der Waals surface area contributed by atoms with Gasteiger partial charge in [0.1, 0.15) is 10.8 Å². The molecule has 0 N–H and O–H groups in total. The van der Waals surface area contributed by atoms with Gasteiger partial charge in [-0.15, -0.1) is 11.3 Å². The molecule has 1 aliphatic rings. The first kappa shape index (κ1) is 20.0. The van der Waals surface area contributed by atoms with Crippen molar-refractivity contribution in [2.45, 2.75) is 12.5 Å². The molecule has 1 aliphatic heterocycles. The number of amides is 1. The Morgan fingerprint density at radius 1 is 1.17 bits per heavy atom. The summed E-state index contributed by atoms with van der Waals surface area (Å²) in [7, 11) is 3.22. The summed E-state index contributed by atoms with van der Waals surface area (Å²) in [5, 5.41) is 2.51. The number of nitrogens with zero attached hydrogens (tertiary/aromatic N) is 2. The van der Waals surface area contributed by atoms with Gasteiger partial charge in [0.2, 0.25) is 0 Å². The highest BCUT2D eigenvalue weighted by atomic mass is 35.5. The SMILES string of the molecule is COc1cc2c(cc1OC)C(c1cccs1)N(C(=O)c1nc(Cl)ccc1Cl)CC2. The van der Waals surface area contributed by atoms with E-state index in [1.165, 1.54) is 0 Å². The molecule has 0 bridgehead atoms. The van der Waals surface area contributed by atoms with E-state index in [2.05, 4.69) is 4.98 Å². The van der Waals surface area contributed by atoms with Crippen LogP contribution in [0.25, 0.3) is 0 Å². The number of hydrogen-bond donors (Lipinski definition) is 0. The number of fused-ring (bicyclic) bond motifs is 1. The number of ether oxygens (including phenoxy) is 2. The largest absolute Gasteiger partial charge is 0.493 e. The smallest absolute Gasteiger partial charge is 0.274 e. The molecule has 3 aromatic rings. The van der Waals surface area contributed by atoms with E-state index in [0.717, 1.165) is 16.0 Å². The monoisotopic (exact) mass is 448 g/mol. The molecular formula is C21H18Cl2N2O3S. The first-order chi connectivity index (χ1) is 14.0. The molecule has 1 atom stereocenters. The van der Waals surface area contributed by atoms with Crippen LogP contribution >= 0.6 is 34.5 Å². The molecule has 29 heavy (non-hydrogen) atoms. The third kappa shape index (κ3) is 3.68. The highest BCUT2D eigenvalue weighted by Crippen LogP contribution is 2.42. The van der Waals surface area contributed by atoms with Crippen LogP contribution in [-0.2, 0) is 6.42 Å². The van der Waals surface area contributed by atoms with Gasteiger partial charge in [-0.3, -0.25) is 4.79 Å². The van der Waals surface area contributed by atoms with Crippen LogP contribution in [0.5, 0.6) is 11.5 Å². The zero-order valence-corrected chi connectivity index (χ0v) is 18.1. The number of halogens is 2. The van der Waals surface area contributed by atoms with Gasteiger partial charge in [-0.25, -0.2) is 4.98 Å². The lowest BCUT2D eigenvalue weighted by Gasteiger charge is -2.37. The molecule has 0 aliphatic carbocycles. The summed E-state index contributed by atoms with van der Waals surface area (Å²) in [6.07, 6.45) is 0.682. The maximum atomic E-state index is 13.4. The second-order valence-corrected chi connectivity index (χ2v) is 8.31. The minimum atomic E-state index is -0.275. The molecule has 0 fully saturated rings. The maximum Gasteiger partial charge on any atom is 0.274 e. The molecule has 8 heteroatoms. The van der Waals surface area contributed by atoms with E-state index in [9.17, 15) is 4.79 Å². The van der Waals surface area contributed by atoms with Crippen molar-refractivity contribution in [3.05, 3.63) is 73.7 Å². The van der Waals surface area contributed by atoms with E-state index < -0.39 is 0 Å². The first-order valence-corrected chi connectivity index (χ1v) is 10.6. The number of carbonyl (C=O) groups is 1. The number of hydrogen-bond acceptors (Lipinski definition) is 5. The lowest BCUT2D eigenvalue weighted by atomic mass is 9.90. The summed E-state index contributed by atoms with van der Waals surface area (Å²) in [5.74, 6) is 1.05. The van der Waals surface area contributed by atoms with E-state index >= 15 is 0 Å². The van der Waals surface area contributed by atoms with Gasteiger partial charge in [0.05, 0.1) is 25.3 Å². The number of benzene rings is 1. The molecule has 0 spiro atoms. The van der Waals surface area contributed by atoms with Crippen molar-refractivity contribution in [2.75, 3.05) is 20.8 Å². The average Bonchev–Trinajstić information content (AvgIpc) is 3.27. The van der Waals surface area contributed by atoms with E-state index in [4.69, 9.17) is 32.7 Å². The van der Waals surface area contributed by atoms with Gasteiger partial charge in [-0.1, -0.05) is 29.3 Å². The van der Waals surface area contributed by atoms with Crippen molar-refractivity contribution in [3.8, 4) is 11.5 Å². The van der Waals surface area contributed by atoms with Crippen molar-refractivity contribution >= 4 is 40.4 Å². The van der Waals surface area contributed by atoms with E-state index in [1.54, 1.807) is 42.6 Å². The predicted molar refractivity (Wildman–Crippen MR) is 115 cm³/mol. The minimum Gasteiger partial charge on any atom is -0.493 e. The summed E-state index contributed by atoms with van der Waals surface area (Å²) in [4.78, 5) is 20.5. The lowest BCUT2D eigenvalue weighted by molar-refractivity contribution is 0.0691. The lowest BCUT2D eigenvalue weighted by Crippen LogP contribution is -2.40. The van der Waals surface area contributed by atoms with Crippen molar-refractivity contribution in [2.24, 2.45) is 0 Å². The van der Waals surface area contributed by atoms with Crippen LogP contribution in [-0.4, -0.2) is 36.6 Å². The number of aromatic nitrogens is 1. The third-order valence-electron chi connectivity index (χ3n) is 4.96. The molecule has 1 unspecified atom stereocenters. The predicted octanol–water partition coefficient (Wildman–Crippen LogP) is 5.26. The topological polar surface area (TPSA) is 51.7 Å². The van der Waals surface area contributed by atoms with Crippen molar-refractivity contribution < 1.29 is 14.3 Å². The van der Waals surface area contributed by atoms with Gasteiger partial charge in [0.15, 0.2) is 11.5 Å². The minimum absolute atomic E-state index is 0.157. The molecule has 1 aromatic carbocycles. The number of rotatable bonds is 4. The van der Waals surface area contributed by atoms with Crippen LogP contribution in [0.3, 0.4) is 0 Å². The van der Waals surface area contributed by atoms with Crippen LogP contribution in [0.4, 0.5) is 0 Å². The van der Waals surface area contributed by atoms with Crippen LogP contribution in [0.2, 0.25) is 10.2 Å². The average molecular weight is 449 g/mol. The fraction of sp³-hybridized carbons (Fsp3) is 0.238. The number of thiophene rings is 1. The molecule has 0 radical (unpaired) electrons. The highest BCUT2D eigenvalue weighted by Gasteiger charge is 2.35. The number of pyridine rings is 1. The Hall–Kier alpha value is -2.28. The van der Waals surface area contributed by atoms with Crippen LogP contribution in [0, 0.1) is 0 Å². The van der Waals surface area contributed by atoms with Crippen molar-refractivity contribution in [1.82, 2.24) is 9.88 Å². The van der Waals surface area contributed by atoms with Crippen molar-refractivity contribution in [1.29, 1.82) is 0 Å². The van der Waals surface area contributed by atoms with Gasteiger partial charge < -0.3 is 14.4 Å². The van der Waals surface area contributed by atoms with E-state index in [1.807, 2.05) is 29.6 Å². The Bertz CT molecular complexity index is 1060. The van der Waals surface area contributed by atoms with Gasteiger partial charge >= 0.3 is 0 Å². The zero-order valence-electron chi connectivity index (χ0n) is 15.8. The molecule has 150 valence electrons.